The molecule has 8 nitrogen and oxygen atoms in total. The van der Waals surface area contributed by atoms with Gasteiger partial charge in [-0.2, -0.15) is 5.26 Å². The first-order valence-corrected chi connectivity index (χ1v) is 13.8. The second kappa shape index (κ2) is 9.08. The van der Waals surface area contributed by atoms with Gasteiger partial charge < -0.3 is 11.1 Å². The van der Waals surface area contributed by atoms with E-state index in [9.17, 15) is 19.2 Å². The molecule has 0 fully saturated rings. The summed E-state index contributed by atoms with van der Waals surface area (Å²) in [6.45, 7) is 2.04. The lowest BCUT2D eigenvalue weighted by molar-refractivity contribution is -0.122. The largest absolute Gasteiger partial charge is 0.384 e. The van der Waals surface area contributed by atoms with Crippen LogP contribution in [0.25, 0.3) is 0 Å². The molecule has 1 amide bonds. The number of rotatable bonds is 4. The predicted molar refractivity (Wildman–Crippen MR) is 143 cm³/mol. The number of hydrogen-bond acceptors (Lipinski definition) is 9. The van der Waals surface area contributed by atoms with Gasteiger partial charge in [0, 0.05) is 34.7 Å². The molecule has 0 saturated heterocycles. The Kier molecular flexibility index (Phi) is 5.81. The summed E-state index contributed by atoms with van der Waals surface area (Å²) in [6, 6.07) is 14.2. The standard InChI is InChI=1S/C27H21FN6O2S2/c1-14-5-7-15(8-6-14)13-37-26-33-32-25(38-26)34-20-3-2-4-21(35)22(20)27(18(12-29)23(34)30)17-11-16(28)9-10-19(17)31-24(27)36/h5-11H,2-4,13,30H2,1H3,(H,31,36)/t27-/m1/s1. The molecular formula is C27H21FN6O2S2. The van der Waals surface area contributed by atoms with Crippen molar-refractivity contribution >= 4 is 45.6 Å². The van der Waals surface area contributed by atoms with E-state index in [-0.39, 0.29) is 34.7 Å². The van der Waals surface area contributed by atoms with Crippen LogP contribution in [0, 0.1) is 24.1 Å². The molecule has 0 saturated carbocycles. The first kappa shape index (κ1) is 24.3. The highest BCUT2D eigenvalue weighted by Gasteiger charge is 2.60. The lowest BCUT2D eigenvalue weighted by Crippen LogP contribution is -2.50. The number of amides is 1. The maximum atomic E-state index is 14.4. The Labute approximate surface area is 226 Å². The molecule has 1 spiro atoms. The van der Waals surface area contributed by atoms with Crippen LogP contribution in [0.15, 0.2) is 69.5 Å². The quantitative estimate of drug-likeness (QED) is 0.453. The number of anilines is 2. The summed E-state index contributed by atoms with van der Waals surface area (Å²) in [4.78, 5) is 28.7. The molecule has 1 aliphatic carbocycles. The van der Waals surface area contributed by atoms with Gasteiger partial charge in [-0.15, -0.1) is 10.2 Å². The summed E-state index contributed by atoms with van der Waals surface area (Å²) in [5.74, 6) is -0.766. The van der Waals surface area contributed by atoms with E-state index in [1.54, 1.807) is 4.90 Å². The third kappa shape index (κ3) is 3.55. The fourth-order valence-electron chi connectivity index (χ4n) is 5.36. The van der Waals surface area contributed by atoms with Gasteiger partial charge in [-0.25, -0.2) is 4.39 Å². The van der Waals surface area contributed by atoms with Gasteiger partial charge >= 0.3 is 0 Å². The maximum absolute atomic E-state index is 14.4. The summed E-state index contributed by atoms with van der Waals surface area (Å²) in [5, 5.41) is 22.1. The predicted octanol–water partition coefficient (Wildman–Crippen LogP) is 4.69. The molecule has 3 N–H and O–H groups in total. The molecule has 6 rings (SSSR count). The number of ketones is 1. The smallest absolute Gasteiger partial charge is 0.245 e. The molecule has 3 aromatic rings. The average Bonchev–Trinajstić information content (AvgIpc) is 3.47. The summed E-state index contributed by atoms with van der Waals surface area (Å²) in [7, 11) is 0. The molecule has 190 valence electrons. The number of fused-ring (bicyclic) bond motifs is 3. The van der Waals surface area contributed by atoms with Gasteiger partial charge in [-0.3, -0.25) is 14.5 Å². The molecular weight excluding hydrogens is 523 g/mol. The van der Waals surface area contributed by atoms with Crippen molar-refractivity contribution in [3.63, 3.8) is 0 Å². The third-order valence-corrected chi connectivity index (χ3v) is 9.17. The molecule has 0 unspecified atom stereocenters. The Morgan fingerprint density at radius 2 is 2.00 bits per heavy atom. The van der Waals surface area contributed by atoms with Crippen LogP contribution in [0.2, 0.25) is 0 Å². The Morgan fingerprint density at radius 3 is 2.76 bits per heavy atom. The number of allylic oxidation sites excluding steroid dienone is 1. The summed E-state index contributed by atoms with van der Waals surface area (Å²) < 4.78 is 15.1. The van der Waals surface area contributed by atoms with E-state index in [4.69, 9.17) is 5.73 Å². The zero-order valence-corrected chi connectivity index (χ0v) is 21.9. The first-order chi connectivity index (χ1) is 18.3. The molecule has 2 aromatic carbocycles. The lowest BCUT2D eigenvalue weighted by atomic mass is 9.64. The number of nitrogens with zero attached hydrogens (tertiary/aromatic N) is 4. The molecule has 3 heterocycles. The number of benzene rings is 2. The Bertz CT molecular complexity index is 1620. The van der Waals surface area contributed by atoms with Crippen LogP contribution in [0.4, 0.5) is 15.2 Å². The van der Waals surface area contributed by atoms with E-state index in [1.165, 1.54) is 46.9 Å². The van der Waals surface area contributed by atoms with Crippen molar-refractivity contribution in [1.29, 1.82) is 5.26 Å². The van der Waals surface area contributed by atoms with Gasteiger partial charge in [0.1, 0.15) is 23.1 Å². The average molecular weight is 545 g/mol. The number of nitrogens with two attached hydrogens (primary N) is 1. The Balaban J connectivity index is 1.46. The fraction of sp³-hybridized carbons (Fsp3) is 0.222. The van der Waals surface area contributed by atoms with Crippen LogP contribution in [0.3, 0.4) is 0 Å². The zero-order chi connectivity index (χ0) is 26.6. The topological polar surface area (TPSA) is 125 Å². The number of Topliss-reactive ketones (excluding diaryl/α,β-unsaturated/α-hetero) is 1. The monoisotopic (exact) mass is 544 g/mol. The highest BCUT2D eigenvalue weighted by atomic mass is 32.2. The zero-order valence-electron chi connectivity index (χ0n) is 20.2. The second-order valence-electron chi connectivity index (χ2n) is 9.32. The summed E-state index contributed by atoms with van der Waals surface area (Å²) in [5.41, 5.74) is 8.22. The molecule has 2 aliphatic heterocycles. The molecule has 1 aromatic heterocycles. The molecule has 0 radical (unpaired) electrons. The molecule has 3 aliphatic rings. The van der Waals surface area contributed by atoms with Crippen LogP contribution in [-0.2, 0) is 20.8 Å². The number of hydrogen-bond donors (Lipinski definition) is 2. The number of carbonyl (C=O) groups is 2. The lowest BCUT2D eigenvalue weighted by Gasteiger charge is -2.42. The van der Waals surface area contributed by atoms with Crippen molar-refractivity contribution in [3.05, 3.63) is 87.6 Å². The second-order valence-corrected chi connectivity index (χ2v) is 11.5. The van der Waals surface area contributed by atoms with E-state index in [0.717, 1.165) is 5.56 Å². The van der Waals surface area contributed by atoms with Gasteiger partial charge in [0.15, 0.2) is 10.1 Å². The van der Waals surface area contributed by atoms with E-state index in [0.29, 0.717) is 39.5 Å². The highest BCUT2D eigenvalue weighted by molar-refractivity contribution is 8.00. The number of halogens is 1. The third-order valence-electron chi connectivity index (χ3n) is 7.06. The number of nitriles is 1. The van der Waals surface area contributed by atoms with Crippen LogP contribution >= 0.6 is 23.1 Å². The van der Waals surface area contributed by atoms with E-state index >= 15 is 0 Å². The molecule has 11 heteroatoms. The van der Waals surface area contributed by atoms with Crippen molar-refractivity contribution in [1.82, 2.24) is 10.2 Å². The van der Waals surface area contributed by atoms with Crippen molar-refractivity contribution in [2.45, 2.75) is 41.7 Å². The van der Waals surface area contributed by atoms with Crippen LogP contribution in [0.5, 0.6) is 0 Å². The minimum absolute atomic E-state index is 0.0144. The summed E-state index contributed by atoms with van der Waals surface area (Å²) >= 11 is 2.81. The van der Waals surface area contributed by atoms with E-state index in [1.807, 2.05) is 6.92 Å². The van der Waals surface area contributed by atoms with Crippen molar-refractivity contribution in [2.24, 2.45) is 5.73 Å². The van der Waals surface area contributed by atoms with Crippen LogP contribution in [-0.4, -0.2) is 21.9 Å². The normalized spacial score (nSPS) is 20.5. The number of thioether (sulfide) groups is 1. The molecule has 0 bridgehead atoms. The maximum Gasteiger partial charge on any atom is 0.245 e. The van der Waals surface area contributed by atoms with Gasteiger partial charge in [0.05, 0.1) is 5.57 Å². The molecule has 38 heavy (non-hydrogen) atoms. The van der Waals surface area contributed by atoms with E-state index < -0.39 is 17.1 Å². The Morgan fingerprint density at radius 1 is 1.21 bits per heavy atom. The van der Waals surface area contributed by atoms with Gasteiger partial charge in [0.2, 0.25) is 11.0 Å². The van der Waals surface area contributed by atoms with Crippen molar-refractivity contribution in [2.75, 3.05) is 10.2 Å². The van der Waals surface area contributed by atoms with E-state index in [2.05, 4.69) is 45.8 Å². The van der Waals surface area contributed by atoms with Gasteiger partial charge in [-0.05, 0) is 43.5 Å². The highest BCUT2D eigenvalue weighted by Crippen LogP contribution is 2.55. The first-order valence-electron chi connectivity index (χ1n) is 11.9. The van der Waals surface area contributed by atoms with Crippen LogP contribution in [0.1, 0.15) is 36.0 Å². The minimum atomic E-state index is -1.81. The SMILES string of the molecule is Cc1ccc(CSc2nnc(N3C(N)=C(C#N)[C@@]4(C(=O)Nc5ccc(F)cc54)C4=C3CCCC4=O)s2)cc1. The summed E-state index contributed by atoms with van der Waals surface area (Å²) in [6.07, 6.45) is 1.19. The van der Waals surface area contributed by atoms with Gasteiger partial charge in [0.25, 0.3) is 0 Å². The number of nitrogens with one attached hydrogen (secondary N) is 1. The van der Waals surface area contributed by atoms with Gasteiger partial charge in [-0.1, -0.05) is 52.9 Å². The van der Waals surface area contributed by atoms with Crippen molar-refractivity contribution in [3.8, 4) is 6.07 Å². The number of aryl methyl sites for hydroxylation is 1. The van der Waals surface area contributed by atoms with Crippen LogP contribution < -0.4 is 16.0 Å². The fourth-order valence-corrected chi connectivity index (χ4v) is 7.20. The molecule has 1 atom stereocenters. The van der Waals surface area contributed by atoms with Crippen molar-refractivity contribution < 1.29 is 14.0 Å². The Hall–Kier alpha value is -4.01. The minimum Gasteiger partial charge on any atom is -0.384 e. The number of aromatic nitrogens is 2. The number of carbonyl (C=O) groups excluding carboxylic acids is 2.